The predicted molar refractivity (Wildman–Crippen MR) is 53.6 cm³/mol. The van der Waals surface area contributed by atoms with Crippen molar-refractivity contribution in [2.75, 3.05) is 7.11 Å². The molecule has 1 saturated carbocycles. The maximum absolute atomic E-state index is 12.3. The van der Waals surface area contributed by atoms with Gasteiger partial charge >= 0.3 is 12.1 Å². The van der Waals surface area contributed by atoms with Crippen molar-refractivity contribution in [3.05, 3.63) is 12.2 Å². The zero-order valence-electron chi connectivity index (χ0n) is 9.65. The molecule has 1 fully saturated rings. The van der Waals surface area contributed by atoms with E-state index in [2.05, 4.69) is 14.8 Å². The smallest absolute Gasteiger partial charge is 0.391 e. The molecule has 0 saturated heterocycles. The molecule has 0 unspecified atom stereocenters. The highest BCUT2D eigenvalue weighted by atomic mass is 19.4. The highest BCUT2D eigenvalue weighted by Gasteiger charge is 2.47. The third-order valence-corrected chi connectivity index (χ3v) is 3.05. The van der Waals surface area contributed by atoms with Gasteiger partial charge in [0.05, 0.1) is 13.0 Å². The topological polar surface area (TPSA) is 57.0 Å². The molecule has 0 bridgehead atoms. The normalized spacial score (nSPS) is 23.6. The molecule has 2 rings (SSSR count). The molecule has 1 heterocycles. The number of halogens is 3. The summed E-state index contributed by atoms with van der Waals surface area (Å²) in [6.07, 6.45) is -2.56. The molecule has 1 aliphatic carbocycles. The van der Waals surface area contributed by atoms with E-state index in [0.29, 0.717) is 6.54 Å². The van der Waals surface area contributed by atoms with Gasteiger partial charge in [0, 0.05) is 6.54 Å². The van der Waals surface area contributed by atoms with Crippen LogP contribution in [0, 0.1) is 11.8 Å². The van der Waals surface area contributed by atoms with Crippen LogP contribution in [0.3, 0.4) is 0 Å². The fourth-order valence-corrected chi connectivity index (χ4v) is 1.98. The number of nitrogens with zero attached hydrogens (tertiary/aromatic N) is 3. The molecular formula is C10H12F3N3O2. The van der Waals surface area contributed by atoms with E-state index in [0.717, 1.165) is 0 Å². The largest absolute Gasteiger partial charge is 0.463 e. The van der Waals surface area contributed by atoms with Crippen molar-refractivity contribution in [1.82, 2.24) is 14.8 Å². The Kier molecular flexibility index (Phi) is 3.27. The summed E-state index contributed by atoms with van der Waals surface area (Å²) < 4.78 is 42.6. The lowest BCUT2D eigenvalue weighted by Crippen LogP contribution is -2.37. The summed E-state index contributed by atoms with van der Waals surface area (Å²) in [6, 6.07) is 0. The summed E-state index contributed by atoms with van der Waals surface area (Å²) in [5, 5.41) is 3.84. The minimum atomic E-state index is -4.10. The summed E-state index contributed by atoms with van der Waals surface area (Å²) in [5.41, 5.74) is 0. The molecule has 5 nitrogen and oxygen atoms in total. The van der Waals surface area contributed by atoms with Crippen LogP contribution in [0.1, 0.15) is 23.5 Å². The van der Waals surface area contributed by atoms with E-state index in [1.165, 1.54) is 18.1 Å². The number of carbonyl (C=O) groups excluding carboxylic acids is 1. The summed E-state index contributed by atoms with van der Waals surface area (Å²) in [4.78, 5) is 14.8. The van der Waals surface area contributed by atoms with Gasteiger partial charge in [0.2, 0.25) is 0 Å². The first kappa shape index (κ1) is 12.8. The van der Waals surface area contributed by atoms with Crippen molar-refractivity contribution in [1.29, 1.82) is 0 Å². The van der Waals surface area contributed by atoms with Crippen LogP contribution in [0.4, 0.5) is 13.2 Å². The van der Waals surface area contributed by atoms with Crippen molar-refractivity contribution in [3.8, 4) is 0 Å². The van der Waals surface area contributed by atoms with Crippen molar-refractivity contribution >= 4 is 5.97 Å². The van der Waals surface area contributed by atoms with E-state index in [1.807, 2.05) is 0 Å². The van der Waals surface area contributed by atoms with Crippen LogP contribution in [-0.4, -0.2) is 34.0 Å². The van der Waals surface area contributed by atoms with Crippen LogP contribution in [-0.2, 0) is 11.3 Å². The van der Waals surface area contributed by atoms with E-state index in [4.69, 9.17) is 0 Å². The summed E-state index contributed by atoms with van der Waals surface area (Å²) in [6.45, 7) is 0.344. The SMILES string of the molecule is COC(=O)c1ncn(C[C@H]2C[C@@H](C(F)(F)F)C2)n1. The van der Waals surface area contributed by atoms with E-state index in [1.54, 1.807) is 0 Å². The molecule has 0 aliphatic heterocycles. The molecule has 100 valence electrons. The quantitative estimate of drug-likeness (QED) is 0.778. The minimum Gasteiger partial charge on any atom is -0.463 e. The zero-order chi connectivity index (χ0) is 13.3. The molecule has 0 spiro atoms. The number of aromatic nitrogens is 3. The molecule has 1 aliphatic rings. The van der Waals surface area contributed by atoms with Crippen LogP contribution >= 0.6 is 0 Å². The molecule has 0 aromatic carbocycles. The molecule has 8 heteroatoms. The number of hydrogen-bond donors (Lipinski definition) is 0. The van der Waals surface area contributed by atoms with Crippen LogP contribution in [0.25, 0.3) is 0 Å². The highest BCUT2D eigenvalue weighted by Crippen LogP contribution is 2.45. The Hall–Kier alpha value is -1.60. The van der Waals surface area contributed by atoms with E-state index < -0.39 is 18.1 Å². The number of rotatable bonds is 3. The monoisotopic (exact) mass is 263 g/mol. The number of alkyl halides is 3. The number of esters is 1. The Labute approximate surface area is 101 Å². The van der Waals surface area contributed by atoms with Gasteiger partial charge in [-0.05, 0) is 18.8 Å². The van der Waals surface area contributed by atoms with Gasteiger partial charge in [0.25, 0.3) is 5.82 Å². The zero-order valence-corrected chi connectivity index (χ0v) is 9.65. The van der Waals surface area contributed by atoms with Crippen molar-refractivity contribution < 1.29 is 22.7 Å². The van der Waals surface area contributed by atoms with Crippen molar-refractivity contribution in [2.45, 2.75) is 25.6 Å². The lowest BCUT2D eigenvalue weighted by Gasteiger charge is -2.36. The van der Waals surface area contributed by atoms with Gasteiger partial charge < -0.3 is 4.74 Å². The summed E-state index contributed by atoms with van der Waals surface area (Å²) >= 11 is 0. The fourth-order valence-electron chi connectivity index (χ4n) is 1.98. The molecule has 0 N–H and O–H groups in total. The highest BCUT2D eigenvalue weighted by molar-refractivity contribution is 5.84. The average Bonchev–Trinajstić information content (AvgIpc) is 2.68. The Morgan fingerprint density at radius 3 is 2.78 bits per heavy atom. The van der Waals surface area contributed by atoms with Gasteiger partial charge in [-0.1, -0.05) is 0 Å². The fraction of sp³-hybridized carbons (Fsp3) is 0.700. The summed E-state index contributed by atoms with van der Waals surface area (Å²) in [5.74, 6) is -2.00. The van der Waals surface area contributed by atoms with Crippen LogP contribution in [0.5, 0.6) is 0 Å². The predicted octanol–water partition coefficient (Wildman–Crippen LogP) is 1.65. The number of methoxy groups -OCH3 is 1. The maximum Gasteiger partial charge on any atom is 0.391 e. The first-order valence-corrected chi connectivity index (χ1v) is 5.44. The summed E-state index contributed by atoms with van der Waals surface area (Å²) in [7, 11) is 1.21. The van der Waals surface area contributed by atoms with E-state index in [-0.39, 0.29) is 24.6 Å². The second-order valence-electron chi connectivity index (χ2n) is 4.36. The first-order chi connectivity index (χ1) is 8.40. The number of ether oxygens (including phenoxy) is 1. The molecule has 0 amide bonds. The van der Waals surface area contributed by atoms with Gasteiger partial charge in [-0.25, -0.2) is 9.78 Å². The van der Waals surface area contributed by atoms with Crippen LogP contribution in [0.2, 0.25) is 0 Å². The van der Waals surface area contributed by atoms with Gasteiger partial charge in [0.15, 0.2) is 0 Å². The molecule has 18 heavy (non-hydrogen) atoms. The van der Waals surface area contributed by atoms with Crippen LogP contribution in [0.15, 0.2) is 6.33 Å². The maximum atomic E-state index is 12.3. The second kappa shape index (κ2) is 4.58. The lowest BCUT2D eigenvalue weighted by atomic mass is 9.74. The Balaban J connectivity index is 1.85. The number of carbonyl (C=O) groups is 1. The second-order valence-corrected chi connectivity index (χ2v) is 4.36. The Morgan fingerprint density at radius 1 is 1.56 bits per heavy atom. The molecule has 0 radical (unpaired) electrons. The molecule has 0 atom stereocenters. The van der Waals surface area contributed by atoms with Gasteiger partial charge in [-0.15, -0.1) is 5.10 Å². The van der Waals surface area contributed by atoms with Crippen molar-refractivity contribution in [3.63, 3.8) is 0 Å². The molecule has 1 aromatic rings. The van der Waals surface area contributed by atoms with E-state index in [9.17, 15) is 18.0 Å². The third kappa shape index (κ3) is 2.62. The number of hydrogen-bond acceptors (Lipinski definition) is 4. The van der Waals surface area contributed by atoms with Gasteiger partial charge in [-0.3, -0.25) is 4.68 Å². The standard InChI is InChI=1S/C10H12F3N3O2/c1-18-9(17)8-14-5-16(15-8)4-6-2-7(3-6)10(11,12)13/h5-7H,2-4H2,1H3/t6-,7+. The lowest BCUT2D eigenvalue weighted by molar-refractivity contribution is -0.205. The Morgan fingerprint density at radius 2 is 2.22 bits per heavy atom. The van der Waals surface area contributed by atoms with Gasteiger partial charge in [0.1, 0.15) is 6.33 Å². The third-order valence-electron chi connectivity index (χ3n) is 3.05. The molecular weight excluding hydrogens is 251 g/mol. The average molecular weight is 263 g/mol. The minimum absolute atomic E-state index is 0.0659. The van der Waals surface area contributed by atoms with Crippen molar-refractivity contribution in [2.24, 2.45) is 11.8 Å². The molecule has 1 aromatic heterocycles. The first-order valence-electron chi connectivity index (χ1n) is 5.44. The van der Waals surface area contributed by atoms with E-state index >= 15 is 0 Å². The Bertz CT molecular complexity index is 438. The van der Waals surface area contributed by atoms with Crippen LogP contribution < -0.4 is 0 Å². The van der Waals surface area contributed by atoms with Gasteiger partial charge in [-0.2, -0.15) is 13.2 Å².